The maximum Gasteiger partial charge on any atom is 0.121 e. The van der Waals surface area contributed by atoms with Crippen molar-refractivity contribution >= 4 is 17.3 Å². The van der Waals surface area contributed by atoms with Crippen molar-refractivity contribution in [1.82, 2.24) is 5.32 Å². The first-order valence-corrected chi connectivity index (χ1v) is 8.23. The van der Waals surface area contributed by atoms with Gasteiger partial charge in [0.05, 0.1) is 23.4 Å². The highest BCUT2D eigenvalue weighted by Crippen LogP contribution is 2.35. The Kier molecular flexibility index (Phi) is 5.39. The molecule has 1 fully saturated rings. The summed E-state index contributed by atoms with van der Waals surface area (Å²) < 4.78 is 5.42. The maximum absolute atomic E-state index is 8.84. The molecular weight excluding hydrogens is 312 g/mol. The maximum atomic E-state index is 8.84. The SMILES string of the molecule is OCCOc1ccc(N2CCNC[C@H]2c2ccccc2)c(Cl)c1. The normalized spacial score (nSPS) is 18.0. The van der Waals surface area contributed by atoms with Crippen molar-refractivity contribution in [2.45, 2.75) is 6.04 Å². The largest absolute Gasteiger partial charge is 0.491 e. The molecule has 0 amide bonds. The predicted octanol–water partition coefficient (Wildman–Crippen LogP) is 2.86. The van der Waals surface area contributed by atoms with E-state index in [1.165, 1.54) is 5.56 Å². The van der Waals surface area contributed by atoms with Crippen molar-refractivity contribution in [3.8, 4) is 5.75 Å². The third-order valence-electron chi connectivity index (χ3n) is 4.02. The zero-order valence-electron chi connectivity index (χ0n) is 12.9. The van der Waals surface area contributed by atoms with Gasteiger partial charge in [0.2, 0.25) is 0 Å². The first-order chi connectivity index (χ1) is 11.3. The molecule has 5 heteroatoms. The molecule has 2 aromatic carbocycles. The van der Waals surface area contributed by atoms with Crippen LogP contribution < -0.4 is 15.0 Å². The van der Waals surface area contributed by atoms with Crippen LogP contribution in [-0.4, -0.2) is 38.0 Å². The van der Waals surface area contributed by atoms with Gasteiger partial charge in [-0.1, -0.05) is 41.9 Å². The number of piperazine rings is 1. The fraction of sp³-hybridized carbons (Fsp3) is 0.333. The van der Waals surface area contributed by atoms with Crippen LogP contribution in [0.1, 0.15) is 11.6 Å². The Bertz CT molecular complexity index is 636. The van der Waals surface area contributed by atoms with Crippen molar-refractivity contribution in [2.75, 3.05) is 37.7 Å². The summed E-state index contributed by atoms with van der Waals surface area (Å²) in [6.45, 7) is 2.99. The lowest BCUT2D eigenvalue weighted by molar-refractivity contribution is 0.201. The number of ether oxygens (including phenoxy) is 1. The van der Waals surface area contributed by atoms with Crippen molar-refractivity contribution < 1.29 is 9.84 Å². The summed E-state index contributed by atoms with van der Waals surface area (Å²) in [6.07, 6.45) is 0. The second-order valence-electron chi connectivity index (χ2n) is 5.51. The lowest BCUT2D eigenvalue weighted by atomic mass is 10.0. The number of nitrogens with one attached hydrogen (secondary N) is 1. The molecule has 1 saturated heterocycles. The Morgan fingerprint density at radius 1 is 1.22 bits per heavy atom. The van der Waals surface area contributed by atoms with Gasteiger partial charge in [-0.25, -0.2) is 0 Å². The molecule has 0 radical (unpaired) electrons. The molecule has 4 nitrogen and oxygen atoms in total. The molecule has 122 valence electrons. The zero-order valence-corrected chi connectivity index (χ0v) is 13.7. The summed E-state index contributed by atoms with van der Waals surface area (Å²) in [6, 6.07) is 16.4. The van der Waals surface area contributed by atoms with Crippen LogP contribution in [0.5, 0.6) is 5.75 Å². The molecule has 2 aromatic rings. The van der Waals surface area contributed by atoms with Gasteiger partial charge < -0.3 is 20.1 Å². The van der Waals surface area contributed by atoms with Gasteiger partial charge in [0.15, 0.2) is 0 Å². The number of halogens is 1. The van der Waals surface area contributed by atoms with Gasteiger partial charge in [0.25, 0.3) is 0 Å². The first kappa shape index (κ1) is 16.1. The number of nitrogens with zero attached hydrogens (tertiary/aromatic N) is 1. The standard InChI is InChI=1S/C18H21ClN2O2/c19-16-12-15(23-11-10-22)6-7-17(16)21-9-8-20-13-18(21)14-4-2-1-3-5-14/h1-7,12,18,20,22H,8-11,13H2/t18-/m0/s1. The second-order valence-corrected chi connectivity index (χ2v) is 5.92. The number of aliphatic hydroxyl groups excluding tert-OH is 1. The molecule has 23 heavy (non-hydrogen) atoms. The Hall–Kier alpha value is -1.75. The van der Waals surface area contributed by atoms with Crippen LogP contribution in [0, 0.1) is 0 Å². The Morgan fingerprint density at radius 3 is 2.78 bits per heavy atom. The van der Waals surface area contributed by atoms with Crippen LogP contribution >= 0.6 is 11.6 Å². The van der Waals surface area contributed by atoms with Gasteiger partial charge in [-0.2, -0.15) is 0 Å². The van der Waals surface area contributed by atoms with Gasteiger partial charge in [0, 0.05) is 25.7 Å². The number of rotatable bonds is 5. The topological polar surface area (TPSA) is 44.7 Å². The highest BCUT2D eigenvalue weighted by atomic mass is 35.5. The molecule has 1 atom stereocenters. The minimum Gasteiger partial charge on any atom is -0.491 e. The number of hydrogen-bond acceptors (Lipinski definition) is 4. The van der Waals surface area contributed by atoms with Crippen LogP contribution in [0.2, 0.25) is 5.02 Å². The summed E-state index contributed by atoms with van der Waals surface area (Å²) in [7, 11) is 0. The minimum atomic E-state index is -0.00670. The molecule has 3 rings (SSSR count). The Labute approximate surface area is 141 Å². The van der Waals surface area contributed by atoms with Crippen LogP contribution in [0.15, 0.2) is 48.5 Å². The van der Waals surface area contributed by atoms with E-state index in [2.05, 4.69) is 34.5 Å². The number of aliphatic hydroxyl groups is 1. The summed E-state index contributed by atoms with van der Waals surface area (Å²) in [5.74, 6) is 0.680. The predicted molar refractivity (Wildman–Crippen MR) is 93.4 cm³/mol. The lowest BCUT2D eigenvalue weighted by Crippen LogP contribution is -2.46. The molecule has 1 aliphatic heterocycles. The molecular formula is C18H21ClN2O2. The fourth-order valence-electron chi connectivity index (χ4n) is 2.94. The van der Waals surface area contributed by atoms with Crippen LogP contribution in [0.3, 0.4) is 0 Å². The summed E-state index contributed by atoms with van der Waals surface area (Å²) in [5.41, 5.74) is 2.29. The number of anilines is 1. The van der Waals surface area contributed by atoms with Crippen molar-refractivity contribution in [2.24, 2.45) is 0 Å². The molecule has 0 unspecified atom stereocenters. The highest BCUT2D eigenvalue weighted by Gasteiger charge is 2.25. The summed E-state index contributed by atoms with van der Waals surface area (Å²) in [4.78, 5) is 2.34. The molecule has 0 spiro atoms. The first-order valence-electron chi connectivity index (χ1n) is 7.85. The summed E-state index contributed by atoms with van der Waals surface area (Å²) in [5, 5.41) is 13.0. The second kappa shape index (κ2) is 7.68. The van der Waals surface area contributed by atoms with Crippen molar-refractivity contribution in [3.63, 3.8) is 0 Å². The third-order valence-corrected chi connectivity index (χ3v) is 4.32. The fourth-order valence-corrected chi connectivity index (χ4v) is 3.22. The molecule has 0 bridgehead atoms. The van der Waals surface area contributed by atoms with Gasteiger partial charge >= 0.3 is 0 Å². The van der Waals surface area contributed by atoms with Gasteiger partial charge in [-0.05, 0) is 17.7 Å². The summed E-state index contributed by atoms with van der Waals surface area (Å²) >= 11 is 6.49. The Balaban J connectivity index is 1.86. The average Bonchev–Trinajstić information content (AvgIpc) is 2.61. The quantitative estimate of drug-likeness (QED) is 0.883. The van der Waals surface area contributed by atoms with E-state index in [0.717, 1.165) is 25.3 Å². The van der Waals surface area contributed by atoms with E-state index >= 15 is 0 Å². The van der Waals surface area contributed by atoms with E-state index in [1.807, 2.05) is 24.3 Å². The third kappa shape index (κ3) is 3.78. The lowest BCUT2D eigenvalue weighted by Gasteiger charge is -2.38. The van der Waals surface area contributed by atoms with E-state index in [9.17, 15) is 0 Å². The van der Waals surface area contributed by atoms with E-state index in [1.54, 1.807) is 0 Å². The van der Waals surface area contributed by atoms with E-state index < -0.39 is 0 Å². The highest BCUT2D eigenvalue weighted by molar-refractivity contribution is 6.33. The van der Waals surface area contributed by atoms with Crippen LogP contribution in [0.25, 0.3) is 0 Å². The molecule has 0 aromatic heterocycles. The van der Waals surface area contributed by atoms with Gasteiger partial charge in [0.1, 0.15) is 12.4 Å². The molecule has 2 N–H and O–H groups in total. The van der Waals surface area contributed by atoms with Crippen molar-refractivity contribution in [1.29, 1.82) is 0 Å². The van der Waals surface area contributed by atoms with Crippen molar-refractivity contribution in [3.05, 3.63) is 59.1 Å². The van der Waals surface area contributed by atoms with Crippen LogP contribution in [-0.2, 0) is 0 Å². The molecule has 0 saturated carbocycles. The number of benzene rings is 2. The minimum absolute atomic E-state index is 0.00670. The molecule has 1 heterocycles. The van der Waals surface area contributed by atoms with E-state index in [0.29, 0.717) is 10.8 Å². The Morgan fingerprint density at radius 2 is 2.04 bits per heavy atom. The molecule has 1 aliphatic rings. The van der Waals surface area contributed by atoms with E-state index in [4.69, 9.17) is 21.4 Å². The molecule has 0 aliphatic carbocycles. The monoisotopic (exact) mass is 332 g/mol. The van der Waals surface area contributed by atoms with E-state index in [-0.39, 0.29) is 19.3 Å². The zero-order chi connectivity index (χ0) is 16.1. The average molecular weight is 333 g/mol. The van der Waals surface area contributed by atoms with Crippen LogP contribution in [0.4, 0.5) is 5.69 Å². The van der Waals surface area contributed by atoms with Gasteiger partial charge in [-0.3, -0.25) is 0 Å². The smallest absolute Gasteiger partial charge is 0.121 e. The number of hydrogen-bond donors (Lipinski definition) is 2. The van der Waals surface area contributed by atoms with Gasteiger partial charge in [-0.15, -0.1) is 0 Å².